The molecule has 0 aromatic heterocycles. The van der Waals surface area contributed by atoms with Crippen LogP contribution in [-0.4, -0.2) is 10.8 Å². The second kappa shape index (κ2) is 10.6. The molecule has 2 aromatic carbocycles. The highest BCUT2D eigenvalue weighted by Crippen LogP contribution is 2.30. The second-order valence-corrected chi connectivity index (χ2v) is 8.75. The Morgan fingerprint density at radius 3 is 2.31 bits per heavy atom. The van der Waals surface area contributed by atoms with Crippen molar-refractivity contribution in [2.75, 3.05) is 5.75 Å². The van der Waals surface area contributed by atoms with Crippen molar-refractivity contribution in [3.05, 3.63) is 71.6 Å². The van der Waals surface area contributed by atoms with Gasteiger partial charge in [0.1, 0.15) is 5.04 Å². The van der Waals surface area contributed by atoms with E-state index in [4.69, 9.17) is 4.99 Å². The molecule has 3 heteroatoms. The molecule has 0 atom stereocenters. The van der Waals surface area contributed by atoms with Crippen molar-refractivity contribution in [2.24, 2.45) is 10.9 Å². The molecule has 1 fully saturated rings. The first-order valence-corrected chi connectivity index (χ1v) is 11.3. The van der Waals surface area contributed by atoms with E-state index < -0.39 is 0 Å². The zero-order valence-electron chi connectivity index (χ0n) is 15.4. The van der Waals surface area contributed by atoms with Crippen molar-refractivity contribution in [1.29, 1.82) is 0 Å². The Kier molecular flexibility index (Phi) is 7.90. The van der Waals surface area contributed by atoms with Crippen molar-refractivity contribution in [3.63, 3.8) is 0 Å². The highest BCUT2D eigenvalue weighted by molar-refractivity contribution is 8.14. The molecule has 0 amide bonds. The molecule has 0 N–H and O–H groups in total. The van der Waals surface area contributed by atoms with Crippen molar-refractivity contribution < 1.29 is 0 Å². The van der Waals surface area contributed by atoms with Gasteiger partial charge in [0.2, 0.25) is 0 Å². The van der Waals surface area contributed by atoms with Gasteiger partial charge in [-0.15, -0.1) is 11.8 Å². The lowest BCUT2D eigenvalue weighted by atomic mass is 9.91. The molecule has 2 aromatic rings. The fourth-order valence-electron chi connectivity index (χ4n) is 3.11. The number of benzene rings is 2. The van der Waals surface area contributed by atoms with E-state index >= 15 is 0 Å². The number of aliphatic imine (C=N–C) groups is 1. The lowest BCUT2D eigenvalue weighted by molar-refractivity contribution is 0.391. The predicted octanol–water partition coefficient (Wildman–Crippen LogP) is 7.73. The zero-order chi connectivity index (χ0) is 18.0. The highest BCUT2D eigenvalue weighted by atomic mass is 32.2. The van der Waals surface area contributed by atoms with Gasteiger partial charge < -0.3 is 0 Å². The molecule has 1 nitrogen and oxygen atoms in total. The number of hydrogen-bond acceptors (Lipinski definition) is 3. The van der Waals surface area contributed by atoms with Crippen LogP contribution in [0.15, 0.2) is 81.5 Å². The van der Waals surface area contributed by atoms with E-state index in [9.17, 15) is 0 Å². The summed E-state index contributed by atoms with van der Waals surface area (Å²) in [6.45, 7) is 2.19. The third kappa shape index (κ3) is 6.37. The van der Waals surface area contributed by atoms with Gasteiger partial charge in [0, 0.05) is 10.6 Å². The van der Waals surface area contributed by atoms with Gasteiger partial charge in [-0.1, -0.05) is 67.4 Å². The molecule has 1 aliphatic rings. The number of thioether (sulfide) groups is 2. The van der Waals surface area contributed by atoms with Crippen LogP contribution in [0.2, 0.25) is 0 Å². The van der Waals surface area contributed by atoms with E-state index in [1.807, 2.05) is 17.8 Å². The second-order valence-electron chi connectivity index (χ2n) is 6.80. The van der Waals surface area contributed by atoms with Gasteiger partial charge in [0.15, 0.2) is 0 Å². The van der Waals surface area contributed by atoms with Crippen LogP contribution in [-0.2, 0) is 0 Å². The van der Waals surface area contributed by atoms with E-state index in [1.54, 1.807) is 11.8 Å². The van der Waals surface area contributed by atoms with Crippen LogP contribution in [0.4, 0.5) is 5.69 Å². The molecule has 1 saturated carbocycles. The Morgan fingerprint density at radius 2 is 1.62 bits per heavy atom. The van der Waals surface area contributed by atoms with Gasteiger partial charge in [-0.25, -0.2) is 4.99 Å². The largest absolute Gasteiger partial charge is 0.242 e. The Bertz CT molecular complexity index is 716. The average Bonchev–Trinajstić information content (AvgIpc) is 2.71. The molecular formula is C23H27NS2. The Morgan fingerprint density at radius 1 is 0.962 bits per heavy atom. The van der Waals surface area contributed by atoms with Crippen LogP contribution in [0.3, 0.4) is 0 Å². The van der Waals surface area contributed by atoms with Crippen molar-refractivity contribution in [3.8, 4) is 0 Å². The lowest BCUT2D eigenvalue weighted by Crippen LogP contribution is -2.10. The smallest absolute Gasteiger partial charge is 0.100 e. The van der Waals surface area contributed by atoms with Crippen molar-refractivity contribution in [2.45, 2.75) is 43.9 Å². The molecular weight excluding hydrogens is 354 g/mol. The number of nitrogens with zero attached hydrogens (tertiary/aromatic N) is 1. The molecule has 0 unspecified atom stereocenters. The third-order valence-corrected chi connectivity index (χ3v) is 6.96. The van der Waals surface area contributed by atoms with Crippen LogP contribution in [0, 0.1) is 5.92 Å². The van der Waals surface area contributed by atoms with E-state index in [0.717, 1.165) is 16.6 Å². The van der Waals surface area contributed by atoms with Crippen molar-refractivity contribution in [1.82, 2.24) is 0 Å². The van der Waals surface area contributed by atoms with Gasteiger partial charge in [0.05, 0.1) is 5.69 Å². The van der Waals surface area contributed by atoms with Gasteiger partial charge in [0.25, 0.3) is 0 Å². The van der Waals surface area contributed by atoms with Gasteiger partial charge in [-0.05, 0) is 60.9 Å². The fourth-order valence-corrected chi connectivity index (χ4v) is 5.11. The van der Waals surface area contributed by atoms with Gasteiger partial charge in [-0.3, -0.25) is 0 Å². The maximum absolute atomic E-state index is 4.95. The molecule has 0 bridgehead atoms. The van der Waals surface area contributed by atoms with Crippen LogP contribution in [0.5, 0.6) is 0 Å². The first-order valence-electron chi connectivity index (χ1n) is 9.46. The summed E-state index contributed by atoms with van der Waals surface area (Å²) in [5.41, 5.74) is 2.29. The molecule has 26 heavy (non-hydrogen) atoms. The van der Waals surface area contributed by atoms with Crippen LogP contribution >= 0.6 is 23.5 Å². The monoisotopic (exact) mass is 381 g/mol. The number of rotatable bonds is 6. The maximum Gasteiger partial charge on any atom is 0.100 e. The molecule has 0 radical (unpaired) electrons. The number of para-hydroxylation sites is 1. The molecule has 3 rings (SSSR count). The first kappa shape index (κ1) is 19.3. The maximum atomic E-state index is 4.95. The van der Waals surface area contributed by atoms with Crippen LogP contribution in [0.25, 0.3) is 0 Å². The van der Waals surface area contributed by atoms with Crippen LogP contribution < -0.4 is 0 Å². The minimum Gasteiger partial charge on any atom is -0.242 e. The summed E-state index contributed by atoms with van der Waals surface area (Å²) in [7, 11) is 0. The molecule has 0 saturated heterocycles. The van der Waals surface area contributed by atoms with E-state index in [0.29, 0.717) is 0 Å². The normalized spacial score (nSPS) is 16.7. The molecule has 1 aliphatic carbocycles. The predicted molar refractivity (Wildman–Crippen MR) is 119 cm³/mol. The first-order chi connectivity index (χ1) is 12.8. The summed E-state index contributed by atoms with van der Waals surface area (Å²) in [5, 5.41) is 3.40. The Labute approximate surface area is 166 Å². The van der Waals surface area contributed by atoms with Gasteiger partial charge >= 0.3 is 0 Å². The molecule has 0 spiro atoms. The average molecular weight is 382 g/mol. The summed E-state index contributed by atoms with van der Waals surface area (Å²) in [5.74, 6) is 2.04. The summed E-state index contributed by atoms with van der Waals surface area (Å²) >= 11 is 3.71. The summed E-state index contributed by atoms with van der Waals surface area (Å²) in [6, 6.07) is 20.8. The van der Waals surface area contributed by atoms with Crippen LogP contribution in [0.1, 0.15) is 39.0 Å². The van der Waals surface area contributed by atoms with Gasteiger partial charge in [-0.2, -0.15) is 0 Å². The Hall–Kier alpha value is -1.45. The van der Waals surface area contributed by atoms with Crippen molar-refractivity contribution >= 4 is 34.3 Å². The quantitative estimate of drug-likeness (QED) is 0.288. The fraction of sp³-hybridized carbons (Fsp3) is 0.348. The number of hydrogen-bond donors (Lipinski definition) is 0. The topological polar surface area (TPSA) is 12.4 Å². The Balaban J connectivity index is 1.71. The minimum atomic E-state index is 0.851. The zero-order valence-corrected chi connectivity index (χ0v) is 17.1. The molecule has 0 aliphatic heterocycles. The SMILES string of the molecule is CC(=CSc1ccccc1)C(=Nc1ccccc1)SCC1CCCCC1. The summed E-state index contributed by atoms with van der Waals surface area (Å²) in [6.07, 6.45) is 6.98. The van der Waals surface area contributed by atoms with E-state index in [-0.39, 0.29) is 0 Å². The molecule has 136 valence electrons. The third-order valence-electron chi connectivity index (χ3n) is 4.62. The highest BCUT2D eigenvalue weighted by Gasteiger charge is 2.15. The lowest BCUT2D eigenvalue weighted by Gasteiger charge is -2.21. The molecule has 0 heterocycles. The summed E-state index contributed by atoms with van der Waals surface area (Å²) in [4.78, 5) is 6.22. The minimum absolute atomic E-state index is 0.851. The standard InChI is InChI=1S/C23H27NS2/c1-19(17-25-22-15-9-4-10-16-22)23(24-21-13-7-3-8-14-21)26-18-20-11-5-2-6-12-20/h3-4,7-10,13-17,20H,2,5-6,11-12,18H2,1H3. The van der Waals surface area contributed by atoms with E-state index in [1.165, 1.54) is 48.3 Å². The van der Waals surface area contributed by atoms with E-state index in [2.05, 4.69) is 66.9 Å². The summed E-state index contributed by atoms with van der Waals surface area (Å²) < 4.78 is 0.